The van der Waals surface area contributed by atoms with Gasteiger partial charge in [-0.3, -0.25) is 4.79 Å². The predicted molar refractivity (Wildman–Crippen MR) is 61.3 cm³/mol. The third kappa shape index (κ3) is 2.07. The van der Waals surface area contributed by atoms with Crippen LogP contribution in [0.5, 0.6) is 0 Å². The summed E-state index contributed by atoms with van der Waals surface area (Å²) in [4.78, 5) is 12.0. The van der Waals surface area contributed by atoms with E-state index in [4.69, 9.17) is 5.26 Å². The summed E-state index contributed by atoms with van der Waals surface area (Å²) >= 11 is 0. The van der Waals surface area contributed by atoms with E-state index in [1.54, 1.807) is 0 Å². The van der Waals surface area contributed by atoms with Crippen molar-refractivity contribution in [1.82, 2.24) is 5.32 Å². The third-order valence-corrected chi connectivity index (χ3v) is 4.06. The monoisotopic (exact) mass is 220 g/mol. The van der Waals surface area contributed by atoms with Crippen LogP contribution in [-0.4, -0.2) is 11.9 Å². The zero-order valence-corrected chi connectivity index (χ0v) is 10.1. The van der Waals surface area contributed by atoms with Crippen molar-refractivity contribution < 1.29 is 4.79 Å². The molecule has 3 heteroatoms. The largest absolute Gasteiger partial charge is 0.340 e. The molecule has 0 aromatic carbocycles. The van der Waals surface area contributed by atoms with E-state index in [9.17, 15) is 4.79 Å². The molecule has 2 saturated carbocycles. The number of hydrogen-bond acceptors (Lipinski definition) is 2. The van der Waals surface area contributed by atoms with Crippen molar-refractivity contribution in [2.24, 2.45) is 23.7 Å². The van der Waals surface area contributed by atoms with E-state index in [1.807, 2.05) is 13.8 Å². The second kappa shape index (κ2) is 4.45. The Morgan fingerprint density at radius 1 is 1.31 bits per heavy atom. The number of rotatable bonds is 3. The molecule has 2 rings (SSSR count). The molecule has 3 nitrogen and oxygen atoms in total. The molecule has 2 aliphatic carbocycles. The van der Waals surface area contributed by atoms with E-state index in [-0.39, 0.29) is 23.8 Å². The average Bonchev–Trinajstić information content (AvgIpc) is 2.99. The van der Waals surface area contributed by atoms with Crippen LogP contribution in [0, 0.1) is 35.0 Å². The number of hydrogen-bond donors (Lipinski definition) is 1. The minimum atomic E-state index is -0.324. The van der Waals surface area contributed by atoms with E-state index in [0.717, 1.165) is 0 Å². The number of nitrogens with zero attached hydrogens (tertiary/aromatic N) is 1. The molecule has 0 aromatic rings. The maximum atomic E-state index is 12.0. The van der Waals surface area contributed by atoms with Gasteiger partial charge in [0, 0.05) is 5.92 Å². The molecule has 2 aliphatic rings. The van der Waals surface area contributed by atoms with Gasteiger partial charge in [0.05, 0.1) is 6.07 Å². The minimum absolute atomic E-state index is 0.122. The van der Waals surface area contributed by atoms with Crippen LogP contribution in [0.4, 0.5) is 0 Å². The van der Waals surface area contributed by atoms with E-state index >= 15 is 0 Å². The summed E-state index contributed by atoms with van der Waals surface area (Å²) in [5.74, 6) is 1.78. The smallest absolute Gasteiger partial charge is 0.224 e. The number of fused-ring (bicyclic) bond motifs is 1. The Morgan fingerprint density at radius 3 is 2.31 bits per heavy atom. The predicted octanol–water partition coefficient (Wildman–Crippen LogP) is 2.09. The van der Waals surface area contributed by atoms with Gasteiger partial charge in [0.2, 0.25) is 5.91 Å². The molecule has 2 fully saturated rings. The van der Waals surface area contributed by atoms with Crippen LogP contribution < -0.4 is 5.32 Å². The van der Waals surface area contributed by atoms with Crippen LogP contribution in [0.25, 0.3) is 0 Å². The lowest BCUT2D eigenvalue weighted by Crippen LogP contribution is -2.38. The van der Waals surface area contributed by atoms with Gasteiger partial charge >= 0.3 is 0 Å². The maximum Gasteiger partial charge on any atom is 0.224 e. The highest BCUT2D eigenvalue weighted by molar-refractivity contribution is 5.82. The van der Waals surface area contributed by atoms with Gasteiger partial charge < -0.3 is 5.32 Å². The molecule has 1 amide bonds. The van der Waals surface area contributed by atoms with Crippen molar-refractivity contribution in [3.05, 3.63) is 0 Å². The molecule has 3 unspecified atom stereocenters. The molecule has 0 bridgehead atoms. The van der Waals surface area contributed by atoms with Gasteiger partial charge in [-0.2, -0.15) is 5.26 Å². The number of carbonyl (C=O) groups excluding carboxylic acids is 1. The maximum absolute atomic E-state index is 12.0. The number of nitrogens with one attached hydrogen (secondary N) is 1. The molecule has 0 spiro atoms. The molecule has 3 atom stereocenters. The van der Waals surface area contributed by atoms with E-state index < -0.39 is 0 Å². The summed E-state index contributed by atoms with van der Waals surface area (Å²) in [6.45, 7) is 3.93. The summed E-state index contributed by atoms with van der Waals surface area (Å²) in [5, 5.41) is 11.8. The first-order valence-corrected chi connectivity index (χ1v) is 6.35. The highest BCUT2D eigenvalue weighted by Gasteiger charge is 2.54. The fraction of sp³-hybridized carbons (Fsp3) is 0.846. The summed E-state index contributed by atoms with van der Waals surface area (Å²) in [7, 11) is 0. The Labute approximate surface area is 97.2 Å². The van der Waals surface area contributed by atoms with E-state index in [2.05, 4.69) is 11.4 Å². The van der Waals surface area contributed by atoms with Crippen LogP contribution in [0.3, 0.4) is 0 Å². The molecule has 0 aliphatic heterocycles. The van der Waals surface area contributed by atoms with Gasteiger partial charge in [0.1, 0.15) is 6.04 Å². The van der Waals surface area contributed by atoms with Crippen LogP contribution in [-0.2, 0) is 4.79 Å². The first-order valence-electron chi connectivity index (χ1n) is 6.35. The molecule has 0 heterocycles. The molecule has 1 N–H and O–H groups in total. The molecule has 0 radical (unpaired) electrons. The Kier molecular flexibility index (Phi) is 3.18. The van der Waals surface area contributed by atoms with E-state index in [1.165, 1.54) is 25.7 Å². The van der Waals surface area contributed by atoms with Crippen molar-refractivity contribution in [1.29, 1.82) is 5.26 Å². The normalized spacial score (nSPS) is 33.8. The molecule has 0 saturated heterocycles. The zero-order chi connectivity index (χ0) is 11.7. The Morgan fingerprint density at radius 2 is 1.88 bits per heavy atom. The zero-order valence-electron chi connectivity index (χ0n) is 10.1. The molecule has 88 valence electrons. The number of carbonyl (C=O) groups is 1. The molecule has 0 aromatic heterocycles. The second-order valence-corrected chi connectivity index (χ2v) is 5.50. The Hall–Kier alpha value is -1.04. The summed E-state index contributed by atoms with van der Waals surface area (Å²) in [6, 6.07) is 1.84. The quantitative estimate of drug-likeness (QED) is 0.791. The van der Waals surface area contributed by atoms with Crippen LogP contribution in [0.1, 0.15) is 39.5 Å². The fourth-order valence-corrected chi connectivity index (χ4v) is 2.98. The summed E-state index contributed by atoms with van der Waals surface area (Å²) in [5.41, 5.74) is 0. The average molecular weight is 220 g/mol. The van der Waals surface area contributed by atoms with Crippen LogP contribution in [0.15, 0.2) is 0 Å². The minimum Gasteiger partial charge on any atom is -0.340 e. The van der Waals surface area contributed by atoms with Crippen molar-refractivity contribution in [2.45, 2.75) is 45.6 Å². The van der Waals surface area contributed by atoms with Gasteiger partial charge in [-0.05, 0) is 30.6 Å². The van der Waals surface area contributed by atoms with Gasteiger partial charge in [-0.25, -0.2) is 0 Å². The van der Waals surface area contributed by atoms with Crippen molar-refractivity contribution in [2.75, 3.05) is 0 Å². The number of amides is 1. The van der Waals surface area contributed by atoms with Crippen LogP contribution in [0.2, 0.25) is 0 Å². The van der Waals surface area contributed by atoms with Gasteiger partial charge in [0.25, 0.3) is 0 Å². The summed E-state index contributed by atoms with van der Waals surface area (Å²) < 4.78 is 0. The molecular weight excluding hydrogens is 200 g/mol. The SMILES string of the molecule is CC(C)C(C#N)NC(=O)C1C2CCCCC21. The lowest BCUT2D eigenvalue weighted by molar-refractivity contribution is -0.123. The Bertz CT molecular complexity index is 306. The first kappa shape index (κ1) is 11.4. The number of nitriles is 1. The van der Waals surface area contributed by atoms with Crippen LogP contribution >= 0.6 is 0 Å². The highest BCUT2D eigenvalue weighted by atomic mass is 16.2. The van der Waals surface area contributed by atoms with Crippen molar-refractivity contribution in [3.8, 4) is 6.07 Å². The highest BCUT2D eigenvalue weighted by Crippen LogP contribution is 2.55. The van der Waals surface area contributed by atoms with Gasteiger partial charge in [0.15, 0.2) is 0 Å². The molecular formula is C13H20N2O. The topological polar surface area (TPSA) is 52.9 Å². The van der Waals surface area contributed by atoms with Crippen molar-refractivity contribution >= 4 is 5.91 Å². The molecule has 16 heavy (non-hydrogen) atoms. The standard InChI is InChI=1S/C13H20N2O/c1-8(2)11(7-14)15-13(16)12-9-5-3-4-6-10(9)12/h8-12H,3-6H2,1-2H3,(H,15,16). The fourth-order valence-electron chi connectivity index (χ4n) is 2.98. The van der Waals surface area contributed by atoms with Crippen molar-refractivity contribution in [3.63, 3.8) is 0 Å². The second-order valence-electron chi connectivity index (χ2n) is 5.50. The lowest BCUT2D eigenvalue weighted by Gasteiger charge is -2.14. The third-order valence-electron chi connectivity index (χ3n) is 4.06. The summed E-state index contributed by atoms with van der Waals surface area (Å²) in [6.07, 6.45) is 4.97. The Balaban J connectivity index is 1.87. The van der Waals surface area contributed by atoms with Gasteiger partial charge in [-0.1, -0.05) is 26.7 Å². The van der Waals surface area contributed by atoms with E-state index in [0.29, 0.717) is 11.8 Å². The van der Waals surface area contributed by atoms with Gasteiger partial charge in [-0.15, -0.1) is 0 Å². The first-order chi connectivity index (χ1) is 7.65. The lowest BCUT2D eigenvalue weighted by atomic mass is 10.0.